The van der Waals surface area contributed by atoms with Gasteiger partial charge in [0.1, 0.15) is 0 Å². The molecule has 1 fully saturated rings. The Kier molecular flexibility index (Phi) is 8.03. The molecule has 0 atom stereocenters. The molecule has 0 aliphatic carbocycles. The number of hydrogen-bond acceptors (Lipinski definition) is 3. The zero-order chi connectivity index (χ0) is 17.3. The van der Waals surface area contributed by atoms with Gasteiger partial charge in [-0.05, 0) is 49.9 Å². The maximum absolute atomic E-state index is 12.2. The second-order valence-corrected chi connectivity index (χ2v) is 7.07. The Morgan fingerprint density at radius 3 is 2.46 bits per heavy atom. The van der Waals surface area contributed by atoms with Gasteiger partial charge < -0.3 is 15.8 Å². The smallest absolute Gasteiger partial charge is 0.220 e. The lowest BCUT2D eigenvalue weighted by atomic mass is 9.74. The van der Waals surface area contributed by atoms with Gasteiger partial charge in [0.2, 0.25) is 5.91 Å². The molecule has 0 unspecified atom stereocenters. The van der Waals surface area contributed by atoms with E-state index in [2.05, 4.69) is 17.4 Å². The fourth-order valence-electron chi connectivity index (χ4n) is 3.27. The molecule has 1 aromatic carbocycles. The van der Waals surface area contributed by atoms with Crippen LogP contribution in [0.2, 0.25) is 5.02 Å². The first kappa shape index (κ1) is 19.2. The fraction of sp³-hybridized carbons (Fsp3) is 0.632. The number of carbonyl (C=O) groups is 1. The number of amides is 1. The molecule has 1 aromatic rings. The summed E-state index contributed by atoms with van der Waals surface area (Å²) in [7, 11) is 0. The van der Waals surface area contributed by atoms with Crippen LogP contribution >= 0.6 is 11.6 Å². The van der Waals surface area contributed by atoms with E-state index in [-0.39, 0.29) is 11.3 Å². The summed E-state index contributed by atoms with van der Waals surface area (Å²) in [5, 5.41) is 3.88. The van der Waals surface area contributed by atoms with E-state index in [1.807, 2.05) is 12.1 Å². The maximum Gasteiger partial charge on any atom is 0.220 e. The van der Waals surface area contributed by atoms with Crippen LogP contribution in [-0.4, -0.2) is 32.2 Å². The Hall–Kier alpha value is -1.10. The van der Waals surface area contributed by atoms with Crippen molar-refractivity contribution < 1.29 is 9.53 Å². The van der Waals surface area contributed by atoms with Gasteiger partial charge in [-0.15, -0.1) is 0 Å². The number of unbranched alkanes of at least 4 members (excludes halogenated alkanes) is 3. The van der Waals surface area contributed by atoms with Crippen molar-refractivity contribution in [1.29, 1.82) is 0 Å². The van der Waals surface area contributed by atoms with Crippen LogP contribution < -0.4 is 11.1 Å². The van der Waals surface area contributed by atoms with Crippen LogP contribution in [0, 0.1) is 0 Å². The Morgan fingerprint density at radius 1 is 1.12 bits per heavy atom. The van der Waals surface area contributed by atoms with Gasteiger partial charge in [-0.25, -0.2) is 0 Å². The number of nitrogens with one attached hydrogen (secondary N) is 1. The third-order valence-corrected chi connectivity index (χ3v) is 5.14. The minimum absolute atomic E-state index is 0.0436. The van der Waals surface area contributed by atoms with E-state index in [1.165, 1.54) is 5.56 Å². The van der Waals surface area contributed by atoms with Crippen molar-refractivity contribution in [2.45, 2.75) is 50.4 Å². The highest BCUT2D eigenvalue weighted by Gasteiger charge is 2.34. The summed E-state index contributed by atoms with van der Waals surface area (Å²) >= 11 is 6.01. The lowest BCUT2D eigenvalue weighted by Crippen LogP contribution is -2.44. The molecule has 5 heteroatoms. The number of nitrogens with two attached hydrogens (primary N) is 1. The van der Waals surface area contributed by atoms with Gasteiger partial charge in [-0.1, -0.05) is 36.6 Å². The molecule has 1 aliphatic heterocycles. The van der Waals surface area contributed by atoms with Crippen molar-refractivity contribution in [3.8, 4) is 0 Å². The lowest BCUT2D eigenvalue weighted by molar-refractivity contribution is -0.121. The van der Waals surface area contributed by atoms with E-state index in [0.29, 0.717) is 13.0 Å². The van der Waals surface area contributed by atoms with Crippen LogP contribution in [-0.2, 0) is 14.9 Å². The summed E-state index contributed by atoms with van der Waals surface area (Å²) in [6.07, 6.45) is 6.59. The van der Waals surface area contributed by atoms with Gasteiger partial charge in [0.05, 0.1) is 0 Å². The number of ether oxygens (including phenoxy) is 1. The van der Waals surface area contributed by atoms with Gasteiger partial charge in [0.15, 0.2) is 0 Å². The number of hydrogen-bond donors (Lipinski definition) is 2. The lowest BCUT2D eigenvalue weighted by Gasteiger charge is -2.38. The molecule has 3 N–H and O–H groups in total. The third kappa shape index (κ3) is 5.76. The summed E-state index contributed by atoms with van der Waals surface area (Å²) in [5.41, 5.74) is 6.67. The predicted molar refractivity (Wildman–Crippen MR) is 98.3 cm³/mol. The molecule has 1 saturated heterocycles. The van der Waals surface area contributed by atoms with Crippen molar-refractivity contribution in [2.24, 2.45) is 5.73 Å². The largest absolute Gasteiger partial charge is 0.381 e. The number of rotatable bonds is 9. The van der Waals surface area contributed by atoms with Crippen molar-refractivity contribution in [2.75, 3.05) is 26.3 Å². The zero-order valence-electron chi connectivity index (χ0n) is 14.4. The molecule has 0 spiro atoms. The van der Waals surface area contributed by atoms with E-state index in [0.717, 1.165) is 63.3 Å². The highest BCUT2D eigenvalue weighted by atomic mass is 35.5. The third-order valence-electron chi connectivity index (χ3n) is 4.89. The summed E-state index contributed by atoms with van der Waals surface area (Å²) < 4.78 is 5.53. The molecule has 4 nitrogen and oxygen atoms in total. The highest BCUT2D eigenvalue weighted by Crippen LogP contribution is 2.34. The molecule has 0 saturated carbocycles. The second-order valence-electron chi connectivity index (χ2n) is 6.63. The van der Waals surface area contributed by atoms with Gasteiger partial charge in [0, 0.05) is 36.6 Å². The van der Waals surface area contributed by atoms with Crippen molar-refractivity contribution >= 4 is 17.5 Å². The Labute approximate surface area is 150 Å². The van der Waals surface area contributed by atoms with Gasteiger partial charge in [0.25, 0.3) is 0 Å². The first-order valence-corrected chi connectivity index (χ1v) is 9.35. The van der Waals surface area contributed by atoms with Gasteiger partial charge >= 0.3 is 0 Å². The van der Waals surface area contributed by atoms with Gasteiger partial charge in [-0.3, -0.25) is 4.79 Å². The molecule has 1 aliphatic rings. The van der Waals surface area contributed by atoms with Crippen LogP contribution in [0.25, 0.3) is 0 Å². The quantitative estimate of drug-likeness (QED) is 0.669. The monoisotopic (exact) mass is 352 g/mol. The SMILES string of the molecule is NCCCCCCC(=O)NCC1(c2ccc(Cl)cc2)CCOCC1. The van der Waals surface area contributed by atoms with E-state index in [1.54, 1.807) is 0 Å². The van der Waals surface area contributed by atoms with Crippen LogP contribution in [0.3, 0.4) is 0 Å². The molecule has 1 heterocycles. The summed E-state index contributed by atoms with van der Waals surface area (Å²) in [4.78, 5) is 12.2. The Balaban J connectivity index is 1.87. The van der Waals surface area contributed by atoms with Crippen LogP contribution in [0.4, 0.5) is 0 Å². The molecule has 0 bridgehead atoms. The summed E-state index contributed by atoms with van der Waals surface area (Å²) in [6, 6.07) is 8.00. The van der Waals surface area contributed by atoms with Crippen molar-refractivity contribution in [3.63, 3.8) is 0 Å². The number of halogens is 1. The average molecular weight is 353 g/mol. The highest BCUT2D eigenvalue weighted by molar-refractivity contribution is 6.30. The topological polar surface area (TPSA) is 64.4 Å². The van der Waals surface area contributed by atoms with Gasteiger partial charge in [-0.2, -0.15) is 0 Å². The molecule has 24 heavy (non-hydrogen) atoms. The maximum atomic E-state index is 12.2. The van der Waals surface area contributed by atoms with Crippen LogP contribution in [0.1, 0.15) is 50.5 Å². The number of carbonyl (C=O) groups excluding carboxylic acids is 1. The Bertz CT molecular complexity index is 499. The molecule has 134 valence electrons. The zero-order valence-corrected chi connectivity index (χ0v) is 15.1. The van der Waals surface area contributed by atoms with E-state index in [4.69, 9.17) is 22.1 Å². The minimum atomic E-state index is -0.0436. The van der Waals surface area contributed by atoms with Crippen LogP contribution in [0.5, 0.6) is 0 Å². The normalized spacial score (nSPS) is 16.8. The molecule has 0 radical (unpaired) electrons. The molecule has 0 aromatic heterocycles. The standard InChI is InChI=1S/C19H29ClN2O2/c20-17-8-6-16(7-9-17)19(10-13-24-14-11-19)15-22-18(23)5-3-1-2-4-12-21/h6-9H,1-5,10-15,21H2,(H,22,23). The van der Waals surface area contributed by atoms with Crippen LogP contribution in [0.15, 0.2) is 24.3 Å². The van der Waals surface area contributed by atoms with Crippen molar-refractivity contribution in [1.82, 2.24) is 5.32 Å². The average Bonchev–Trinajstić information content (AvgIpc) is 2.61. The van der Waals surface area contributed by atoms with Crippen molar-refractivity contribution in [3.05, 3.63) is 34.9 Å². The minimum Gasteiger partial charge on any atom is -0.381 e. The molecule has 2 rings (SSSR count). The first-order chi connectivity index (χ1) is 11.7. The van der Waals surface area contributed by atoms with E-state index in [9.17, 15) is 4.79 Å². The van der Waals surface area contributed by atoms with E-state index < -0.39 is 0 Å². The Morgan fingerprint density at radius 2 is 1.79 bits per heavy atom. The van der Waals surface area contributed by atoms with E-state index >= 15 is 0 Å². The molecular formula is C19H29ClN2O2. The predicted octanol–water partition coefficient (Wildman–Crippen LogP) is 3.41. The summed E-state index contributed by atoms with van der Waals surface area (Å²) in [5.74, 6) is 0.141. The molecule has 1 amide bonds. The second kappa shape index (κ2) is 10.0. The number of benzene rings is 1. The first-order valence-electron chi connectivity index (χ1n) is 8.97. The molecular weight excluding hydrogens is 324 g/mol. The fourth-order valence-corrected chi connectivity index (χ4v) is 3.40. The summed E-state index contributed by atoms with van der Waals surface area (Å²) in [6.45, 7) is 2.87.